The van der Waals surface area contributed by atoms with E-state index in [-0.39, 0.29) is 13.0 Å². The van der Waals surface area contributed by atoms with Gasteiger partial charge in [-0.2, -0.15) is 13.2 Å². The molecule has 0 aromatic rings. The molecular formula is C10H14F3NO4. The van der Waals surface area contributed by atoms with Crippen molar-refractivity contribution in [2.75, 3.05) is 20.3 Å². The van der Waals surface area contributed by atoms with Gasteiger partial charge in [0.25, 0.3) is 0 Å². The largest absolute Gasteiger partial charge is 0.481 e. The van der Waals surface area contributed by atoms with Gasteiger partial charge in [0, 0.05) is 13.7 Å². The molecule has 2 unspecified atom stereocenters. The zero-order chi connectivity index (χ0) is 14.1. The number of carbonyl (C=O) groups excluding carboxylic acids is 1. The molecule has 0 radical (unpaired) electrons. The molecule has 1 N–H and O–H groups in total. The summed E-state index contributed by atoms with van der Waals surface area (Å²) in [7, 11) is 1.29. The molecule has 1 amide bonds. The molecule has 0 saturated carbocycles. The second kappa shape index (κ2) is 4.75. The van der Waals surface area contributed by atoms with Crippen LogP contribution in [0.2, 0.25) is 0 Å². The molecule has 1 aliphatic rings. The second-order valence-electron chi connectivity index (χ2n) is 4.58. The number of carboxylic acids is 1. The molecule has 0 aromatic heterocycles. The van der Waals surface area contributed by atoms with E-state index in [9.17, 15) is 22.8 Å². The first-order chi connectivity index (χ1) is 8.12. The number of methoxy groups -OCH3 is 1. The van der Waals surface area contributed by atoms with Crippen molar-refractivity contribution in [1.29, 1.82) is 0 Å². The fourth-order valence-electron chi connectivity index (χ4n) is 2.24. The number of carboxylic acid groups (broad SMARTS) is 1. The van der Waals surface area contributed by atoms with Crippen molar-refractivity contribution in [2.24, 2.45) is 5.92 Å². The van der Waals surface area contributed by atoms with Crippen LogP contribution in [0.25, 0.3) is 0 Å². The van der Waals surface area contributed by atoms with Crippen molar-refractivity contribution in [3.8, 4) is 0 Å². The van der Waals surface area contributed by atoms with E-state index in [2.05, 4.69) is 0 Å². The van der Waals surface area contributed by atoms with Gasteiger partial charge in [-0.25, -0.2) is 0 Å². The normalized spacial score (nSPS) is 28.5. The molecule has 5 nitrogen and oxygen atoms in total. The minimum absolute atomic E-state index is 0.0575. The summed E-state index contributed by atoms with van der Waals surface area (Å²) in [6.45, 7) is 0.801. The van der Waals surface area contributed by atoms with E-state index in [1.807, 2.05) is 0 Å². The Morgan fingerprint density at radius 1 is 1.50 bits per heavy atom. The van der Waals surface area contributed by atoms with Crippen LogP contribution in [0.1, 0.15) is 13.3 Å². The van der Waals surface area contributed by atoms with Crippen LogP contribution in [0.5, 0.6) is 0 Å². The van der Waals surface area contributed by atoms with Gasteiger partial charge >= 0.3 is 18.1 Å². The van der Waals surface area contributed by atoms with E-state index in [1.165, 1.54) is 14.0 Å². The molecular weight excluding hydrogens is 255 g/mol. The number of ether oxygens (including phenoxy) is 1. The van der Waals surface area contributed by atoms with Crippen LogP contribution in [0.3, 0.4) is 0 Å². The van der Waals surface area contributed by atoms with E-state index in [0.717, 1.165) is 0 Å². The van der Waals surface area contributed by atoms with E-state index < -0.39 is 36.1 Å². The number of rotatable bonds is 3. The van der Waals surface area contributed by atoms with Crippen LogP contribution >= 0.6 is 0 Å². The van der Waals surface area contributed by atoms with Gasteiger partial charge in [0.15, 0.2) is 0 Å². The molecule has 1 rings (SSSR count). The lowest BCUT2D eigenvalue weighted by Crippen LogP contribution is -2.52. The monoisotopic (exact) mass is 269 g/mol. The fourth-order valence-corrected chi connectivity index (χ4v) is 2.24. The number of alkyl halides is 3. The number of hydrogen-bond donors (Lipinski definition) is 1. The first-order valence-electron chi connectivity index (χ1n) is 5.22. The first-order valence-corrected chi connectivity index (χ1v) is 5.22. The highest BCUT2D eigenvalue weighted by Crippen LogP contribution is 2.36. The molecule has 1 heterocycles. The van der Waals surface area contributed by atoms with E-state index in [4.69, 9.17) is 9.84 Å². The number of hydrogen-bond acceptors (Lipinski definition) is 3. The van der Waals surface area contributed by atoms with Crippen molar-refractivity contribution < 1.29 is 32.6 Å². The van der Waals surface area contributed by atoms with Crippen LogP contribution < -0.4 is 0 Å². The third-order valence-corrected chi connectivity index (χ3v) is 3.03. The summed E-state index contributed by atoms with van der Waals surface area (Å²) in [5.41, 5.74) is -1.25. The van der Waals surface area contributed by atoms with Crippen molar-refractivity contribution in [3.05, 3.63) is 0 Å². The SMILES string of the molecule is COCC1(C)CC(C(=O)O)CN1C(=O)C(F)(F)F. The predicted molar refractivity (Wildman–Crippen MR) is 53.8 cm³/mol. The van der Waals surface area contributed by atoms with Crippen molar-refractivity contribution in [1.82, 2.24) is 4.90 Å². The fraction of sp³-hybridized carbons (Fsp3) is 0.800. The number of nitrogens with zero attached hydrogens (tertiary/aromatic N) is 1. The molecule has 1 saturated heterocycles. The maximum absolute atomic E-state index is 12.4. The highest BCUT2D eigenvalue weighted by Gasteiger charge is 2.54. The van der Waals surface area contributed by atoms with Crippen molar-refractivity contribution in [3.63, 3.8) is 0 Å². The number of likely N-dealkylation sites (tertiary alicyclic amines) is 1. The third kappa shape index (κ3) is 2.74. The minimum atomic E-state index is -5.01. The Hall–Kier alpha value is -1.31. The van der Waals surface area contributed by atoms with E-state index in [0.29, 0.717) is 4.90 Å². The highest BCUT2D eigenvalue weighted by molar-refractivity contribution is 5.84. The zero-order valence-corrected chi connectivity index (χ0v) is 9.95. The number of halogens is 3. The summed E-state index contributed by atoms with van der Waals surface area (Å²) in [5.74, 6) is -4.24. The van der Waals surface area contributed by atoms with Crippen LogP contribution in [0.15, 0.2) is 0 Å². The van der Waals surface area contributed by atoms with Crippen LogP contribution in [-0.2, 0) is 14.3 Å². The second-order valence-corrected chi connectivity index (χ2v) is 4.58. The standard InChI is InChI=1S/C10H14F3NO4/c1-9(5-18-2)3-6(7(15)16)4-14(9)8(17)10(11,12)13/h6H,3-5H2,1-2H3,(H,15,16). The van der Waals surface area contributed by atoms with Crippen LogP contribution in [-0.4, -0.2) is 53.9 Å². The minimum Gasteiger partial charge on any atom is -0.481 e. The molecule has 0 spiro atoms. The third-order valence-electron chi connectivity index (χ3n) is 3.03. The summed E-state index contributed by atoms with van der Waals surface area (Å²) in [6, 6.07) is 0. The Morgan fingerprint density at radius 3 is 2.44 bits per heavy atom. The lowest BCUT2D eigenvalue weighted by Gasteiger charge is -2.34. The van der Waals surface area contributed by atoms with Gasteiger partial charge in [-0.15, -0.1) is 0 Å². The summed E-state index contributed by atoms with van der Waals surface area (Å²) < 4.78 is 42.1. The molecule has 1 fully saturated rings. The highest BCUT2D eigenvalue weighted by atomic mass is 19.4. The van der Waals surface area contributed by atoms with E-state index in [1.54, 1.807) is 0 Å². The van der Waals surface area contributed by atoms with Gasteiger partial charge in [-0.1, -0.05) is 0 Å². The average Bonchev–Trinajstić information content (AvgIpc) is 2.54. The molecule has 104 valence electrons. The first kappa shape index (κ1) is 14.7. The Labute approximate surface area is 102 Å². The molecule has 8 heteroatoms. The number of carbonyl (C=O) groups is 2. The van der Waals surface area contributed by atoms with Gasteiger partial charge in [-0.05, 0) is 13.3 Å². The molecule has 18 heavy (non-hydrogen) atoms. The molecule has 2 atom stereocenters. The number of amides is 1. The summed E-state index contributed by atoms with van der Waals surface area (Å²) >= 11 is 0. The molecule has 1 aliphatic heterocycles. The molecule has 0 aromatic carbocycles. The summed E-state index contributed by atoms with van der Waals surface area (Å²) in [4.78, 5) is 22.7. The maximum Gasteiger partial charge on any atom is 0.471 e. The lowest BCUT2D eigenvalue weighted by molar-refractivity contribution is -0.190. The molecule has 0 bridgehead atoms. The van der Waals surface area contributed by atoms with Gasteiger partial charge in [0.2, 0.25) is 0 Å². The Kier molecular flexibility index (Phi) is 3.89. The number of aliphatic carboxylic acids is 1. The van der Waals surface area contributed by atoms with E-state index >= 15 is 0 Å². The zero-order valence-electron chi connectivity index (χ0n) is 9.95. The summed E-state index contributed by atoms with van der Waals surface area (Å²) in [5, 5.41) is 8.86. The van der Waals surface area contributed by atoms with Crippen molar-refractivity contribution in [2.45, 2.75) is 25.1 Å². The lowest BCUT2D eigenvalue weighted by atomic mass is 9.95. The smallest absolute Gasteiger partial charge is 0.471 e. The topological polar surface area (TPSA) is 66.8 Å². The Balaban J connectivity index is 2.99. The van der Waals surface area contributed by atoms with Gasteiger partial charge in [0.05, 0.1) is 18.1 Å². The average molecular weight is 269 g/mol. The Bertz CT molecular complexity index is 358. The summed E-state index contributed by atoms with van der Waals surface area (Å²) in [6.07, 6.45) is -5.07. The van der Waals surface area contributed by atoms with Gasteiger partial charge in [0.1, 0.15) is 0 Å². The van der Waals surface area contributed by atoms with Crippen molar-refractivity contribution >= 4 is 11.9 Å². The van der Waals surface area contributed by atoms with Gasteiger partial charge in [-0.3, -0.25) is 9.59 Å². The quantitative estimate of drug-likeness (QED) is 0.826. The van der Waals surface area contributed by atoms with Crippen LogP contribution in [0, 0.1) is 5.92 Å². The van der Waals surface area contributed by atoms with Gasteiger partial charge < -0.3 is 14.7 Å². The van der Waals surface area contributed by atoms with Crippen LogP contribution in [0.4, 0.5) is 13.2 Å². The Morgan fingerprint density at radius 2 is 2.06 bits per heavy atom. The predicted octanol–water partition coefficient (Wildman–Crippen LogP) is 0.887. The maximum atomic E-state index is 12.4. The molecule has 0 aliphatic carbocycles.